The molecule has 84 valence electrons. The van der Waals surface area contributed by atoms with Crippen LogP contribution in [0.2, 0.25) is 0 Å². The van der Waals surface area contributed by atoms with Crippen LogP contribution < -0.4 is 0 Å². The molecular weight excluding hydrogens is 221 g/mol. The molecule has 0 saturated heterocycles. The van der Waals surface area contributed by atoms with E-state index in [1.54, 1.807) is 30.0 Å². The SMILES string of the molecule is CCc1cc(CC(F)(F)F)ccc1SC. The van der Waals surface area contributed by atoms with Gasteiger partial charge in [0.05, 0.1) is 6.42 Å². The van der Waals surface area contributed by atoms with Gasteiger partial charge in [0, 0.05) is 4.90 Å². The standard InChI is InChI=1S/C11H13F3S/c1-3-9-6-8(7-11(12,13)14)4-5-10(9)15-2/h4-6H,3,7H2,1-2H3. The Morgan fingerprint density at radius 1 is 1.27 bits per heavy atom. The number of alkyl halides is 3. The second kappa shape index (κ2) is 4.92. The molecule has 1 aromatic rings. The van der Waals surface area contributed by atoms with Gasteiger partial charge in [0.2, 0.25) is 0 Å². The first-order chi connectivity index (χ1) is 6.96. The molecule has 0 aromatic heterocycles. The van der Waals surface area contributed by atoms with Crippen LogP contribution in [0.4, 0.5) is 13.2 Å². The summed E-state index contributed by atoms with van der Waals surface area (Å²) in [6.45, 7) is 1.95. The molecule has 0 aliphatic rings. The third-order valence-electron chi connectivity index (χ3n) is 2.13. The first-order valence-corrected chi connectivity index (χ1v) is 5.91. The van der Waals surface area contributed by atoms with Crippen LogP contribution in [0.5, 0.6) is 0 Å². The highest BCUT2D eigenvalue weighted by Crippen LogP contribution is 2.26. The van der Waals surface area contributed by atoms with E-state index in [-0.39, 0.29) is 0 Å². The van der Waals surface area contributed by atoms with Gasteiger partial charge in [-0.2, -0.15) is 13.2 Å². The molecule has 0 heterocycles. The Balaban J connectivity index is 2.93. The van der Waals surface area contributed by atoms with E-state index in [0.717, 1.165) is 16.9 Å². The van der Waals surface area contributed by atoms with E-state index in [4.69, 9.17) is 0 Å². The Bertz CT molecular complexity index is 331. The highest BCUT2D eigenvalue weighted by molar-refractivity contribution is 7.98. The molecule has 0 atom stereocenters. The minimum Gasteiger partial charge on any atom is -0.171 e. The summed E-state index contributed by atoms with van der Waals surface area (Å²) in [5.74, 6) is 0. The number of hydrogen-bond donors (Lipinski definition) is 0. The highest BCUT2D eigenvalue weighted by Gasteiger charge is 2.27. The van der Waals surface area contributed by atoms with Gasteiger partial charge in [-0.1, -0.05) is 19.1 Å². The summed E-state index contributed by atoms with van der Waals surface area (Å²) in [6.07, 6.45) is -2.26. The summed E-state index contributed by atoms with van der Waals surface area (Å²) in [4.78, 5) is 1.06. The molecule has 0 bridgehead atoms. The number of rotatable bonds is 3. The lowest BCUT2D eigenvalue weighted by molar-refractivity contribution is -0.127. The number of aryl methyl sites for hydroxylation is 1. The lowest BCUT2D eigenvalue weighted by Crippen LogP contribution is -2.11. The molecule has 0 saturated carbocycles. The third kappa shape index (κ3) is 3.78. The molecule has 15 heavy (non-hydrogen) atoms. The molecule has 0 aliphatic heterocycles. The Hall–Kier alpha value is -0.640. The van der Waals surface area contributed by atoms with Crippen molar-refractivity contribution in [3.63, 3.8) is 0 Å². The molecule has 0 fully saturated rings. The van der Waals surface area contributed by atoms with Crippen molar-refractivity contribution in [2.75, 3.05) is 6.26 Å². The van der Waals surface area contributed by atoms with E-state index in [2.05, 4.69) is 0 Å². The molecule has 0 unspecified atom stereocenters. The average Bonchev–Trinajstić information content (AvgIpc) is 2.15. The van der Waals surface area contributed by atoms with Gasteiger partial charge in [-0.05, 0) is 29.9 Å². The van der Waals surface area contributed by atoms with E-state index < -0.39 is 12.6 Å². The summed E-state index contributed by atoms with van der Waals surface area (Å²) in [6, 6.07) is 4.97. The van der Waals surface area contributed by atoms with Gasteiger partial charge in [0.25, 0.3) is 0 Å². The molecule has 4 heteroatoms. The molecule has 0 spiro atoms. The maximum Gasteiger partial charge on any atom is 0.393 e. The maximum atomic E-state index is 12.2. The summed E-state index contributed by atoms with van der Waals surface area (Å²) in [5.41, 5.74) is 1.33. The van der Waals surface area contributed by atoms with Crippen molar-refractivity contribution in [2.45, 2.75) is 30.8 Å². The third-order valence-corrected chi connectivity index (χ3v) is 2.97. The lowest BCUT2D eigenvalue weighted by atomic mass is 10.1. The summed E-state index contributed by atoms with van der Waals surface area (Å²) >= 11 is 1.57. The van der Waals surface area contributed by atoms with Gasteiger partial charge in [-0.15, -0.1) is 11.8 Å². The zero-order chi connectivity index (χ0) is 11.5. The number of halogens is 3. The van der Waals surface area contributed by atoms with Crippen LogP contribution in [0, 0.1) is 0 Å². The van der Waals surface area contributed by atoms with Crippen LogP contribution in [-0.4, -0.2) is 12.4 Å². The first-order valence-electron chi connectivity index (χ1n) is 4.69. The Morgan fingerprint density at radius 3 is 2.40 bits per heavy atom. The molecule has 1 rings (SSSR count). The fraction of sp³-hybridized carbons (Fsp3) is 0.455. The number of benzene rings is 1. The van der Waals surface area contributed by atoms with E-state index in [0.29, 0.717) is 5.56 Å². The van der Waals surface area contributed by atoms with E-state index >= 15 is 0 Å². The fourth-order valence-corrected chi connectivity index (χ4v) is 2.12. The van der Waals surface area contributed by atoms with Crippen LogP contribution in [0.15, 0.2) is 23.1 Å². The van der Waals surface area contributed by atoms with Gasteiger partial charge < -0.3 is 0 Å². The van der Waals surface area contributed by atoms with Crippen molar-refractivity contribution in [3.8, 4) is 0 Å². The first kappa shape index (κ1) is 12.4. The monoisotopic (exact) mass is 234 g/mol. The molecule has 0 amide bonds. The van der Waals surface area contributed by atoms with Crippen molar-refractivity contribution >= 4 is 11.8 Å². The van der Waals surface area contributed by atoms with Crippen molar-refractivity contribution in [1.82, 2.24) is 0 Å². The molecule has 1 aromatic carbocycles. The van der Waals surface area contributed by atoms with E-state index in [1.807, 2.05) is 13.2 Å². The minimum absolute atomic E-state index is 0.345. The van der Waals surface area contributed by atoms with Crippen LogP contribution >= 0.6 is 11.8 Å². The Labute approximate surface area is 91.9 Å². The fourth-order valence-electron chi connectivity index (χ4n) is 1.45. The van der Waals surface area contributed by atoms with Crippen molar-refractivity contribution in [3.05, 3.63) is 29.3 Å². The second-order valence-electron chi connectivity index (χ2n) is 3.29. The molecule has 0 radical (unpaired) electrons. The molecule has 0 aliphatic carbocycles. The van der Waals surface area contributed by atoms with Crippen LogP contribution in [0.25, 0.3) is 0 Å². The summed E-state index contributed by atoms with van der Waals surface area (Å²) in [5, 5.41) is 0. The number of thioether (sulfide) groups is 1. The van der Waals surface area contributed by atoms with E-state index in [9.17, 15) is 13.2 Å². The molecular formula is C11H13F3S. The van der Waals surface area contributed by atoms with Crippen molar-refractivity contribution in [1.29, 1.82) is 0 Å². The molecule has 0 N–H and O–H groups in total. The average molecular weight is 234 g/mol. The predicted molar refractivity (Wildman–Crippen MR) is 57.4 cm³/mol. The van der Waals surface area contributed by atoms with Gasteiger partial charge >= 0.3 is 6.18 Å². The van der Waals surface area contributed by atoms with Crippen LogP contribution in [0.1, 0.15) is 18.1 Å². The minimum atomic E-state index is -4.12. The normalized spacial score (nSPS) is 11.8. The van der Waals surface area contributed by atoms with Crippen molar-refractivity contribution in [2.24, 2.45) is 0 Å². The van der Waals surface area contributed by atoms with Crippen molar-refractivity contribution < 1.29 is 13.2 Å². The van der Waals surface area contributed by atoms with Crippen LogP contribution in [-0.2, 0) is 12.8 Å². The lowest BCUT2D eigenvalue weighted by Gasteiger charge is -2.10. The number of hydrogen-bond acceptors (Lipinski definition) is 1. The maximum absolute atomic E-state index is 12.2. The zero-order valence-corrected chi connectivity index (χ0v) is 9.50. The Morgan fingerprint density at radius 2 is 1.93 bits per heavy atom. The molecule has 0 nitrogen and oxygen atoms in total. The quantitative estimate of drug-likeness (QED) is 0.710. The smallest absolute Gasteiger partial charge is 0.171 e. The van der Waals surface area contributed by atoms with Gasteiger partial charge in [-0.3, -0.25) is 0 Å². The van der Waals surface area contributed by atoms with E-state index in [1.165, 1.54) is 0 Å². The van der Waals surface area contributed by atoms with Crippen LogP contribution in [0.3, 0.4) is 0 Å². The largest absolute Gasteiger partial charge is 0.393 e. The van der Waals surface area contributed by atoms with Gasteiger partial charge in [-0.25, -0.2) is 0 Å². The zero-order valence-electron chi connectivity index (χ0n) is 8.69. The predicted octanol–water partition coefficient (Wildman–Crippen LogP) is 4.08. The van der Waals surface area contributed by atoms with Gasteiger partial charge in [0.1, 0.15) is 0 Å². The highest BCUT2D eigenvalue weighted by atomic mass is 32.2. The Kier molecular flexibility index (Phi) is 4.08. The summed E-state index contributed by atoms with van der Waals surface area (Å²) in [7, 11) is 0. The topological polar surface area (TPSA) is 0 Å². The summed E-state index contributed by atoms with van der Waals surface area (Å²) < 4.78 is 36.5. The second-order valence-corrected chi connectivity index (χ2v) is 4.14. The van der Waals surface area contributed by atoms with Gasteiger partial charge in [0.15, 0.2) is 0 Å².